The molecule has 2 aliphatic carbocycles. The predicted molar refractivity (Wildman–Crippen MR) is 227 cm³/mol. The van der Waals surface area contributed by atoms with Crippen molar-refractivity contribution in [3.63, 3.8) is 0 Å². The Kier molecular flexibility index (Phi) is 6.55. The van der Waals surface area contributed by atoms with Gasteiger partial charge in [0.15, 0.2) is 5.82 Å². The van der Waals surface area contributed by atoms with E-state index >= 15 is 0 Å². The lowest BCUT2D eigenvalue weighted by atomic mass is 9.70. The Hall–Kier alpha value is -7.36. The first-order valence-electron chi connectivity index (χ1n) is 19.2. The second kappa shape index (κ2) is 11.8. The zero-order chi connectivity index (χ0) is 36.8. The number of rotatable bonds is 4. The molecule has 0 N–H and O–H groups in total. The molecular weight excluding hydrogens is 681 g/mol. The van der Waals surface area contributed by atoms with Crippen LogP contribution in [0.5, 0.6) is 0 Å². The maximum absolute atomic E-state index is 6.75. The molecule has 260 valence electrons. The standard InChI is InChI=1S/C53H32N2O/c1-2-16-34(17-3-1)46-32-47(55-52(54-46)36-30-29-33-15-4-5-18-35(33)31-36)38-20-7-6-19-37(38)39-24-14-27-45-49(39)40-21-8-11-25-43(40)53(45)44-26-12-9-22-41(44)51-50(53)42-23-10-13-28-48(42)56-51/h1-32H. The Morgan fingerprint density at radius 3 is 1.88 bits per heavy atom. The quantitative estimate of drug-likeness (QED) is 0.182. The van der Waals surface area contributed by atoms with E-state index in [1.54, 1.807) is 0 Å². The molecule has 3 nitrogen and oxygen atoms in total. The van der Waals surface area contributed by atoms with Crippen LogP contribution in [0.15, 0.2) is 199 Å². The molecule has 0 amide bonds. The lowest BCUT2D eigenvalue weighted by Crippen LogP contribution is -2.25. The topological polar surface area (TPSA) is 38.9 Å². The molecule has 1 atom stereocenters. The fourth-order valence-electron chi connectivity index (χ4n) is 9.60. The molecule has 2 aromatic heterocycles. The summed E-state index contributed by atoms with van der Waals surface area (Å²) < 4.78 is 6.75. The molecule has 0 saturated heterocycles. The fourth-order valence-corrected chi connectivity index (χ4v) is 9.60. The van der Waals surface area contributed by atoms with E-state index in [4.69, 9.17) is 14.4 Å². The third kappa shape index (κ3) is 4.28. The summed E-state index contributed by atoms with van der Waals surface area (Å²) in [5.74, 6) is 1.66. The van der Waals surface area contributed by atoms with Crippen LogP contribution in [0.2, 0.25) is 0 Å². The molecule has 0 aliphatic heterocycles. The number of nitrogens with zero attached hydrogens (tertiary/aromatic N) is 2. The van der Waals surface area contributed by atoms with Crippen molar-refractivity contribution in [2.24, 2.45) is 0 Å². The minimum Gasteiger partial charge on any atom is -0.456 e. The maximum Gasteiger partial charge on any atom is 0.160 e. The summed E-state index contributed by atoms with van der Waals surface area (Å²) in [4.78, 5) is 10.6. The van der Waals surface area contributed by atoms with Crippen LogP contribution in [0, 0.1) is 0 Å². The third-order valence-corrected chi connectivity index (χ3v) is 11.9. The van der Waals surface area contributed by atoms with E-state index in [0.29, 0.717) is 5.82 Å². The minimum absolute atomic E-state index is 0.534. The molecule has 3 heteroatoms. The van der Waals surface area contributed by atoms with Gasteiger partial charge in [-0.15, -0.1) is 0 Å². The third-order valence-electron chi connectivity index (χ3n) is 11.9. The van der Waals surface area contributed by atoms with Crippen molar-refractivity contribution in [3.05, 3.63) is 216 Å². The maximum atomic E-state index is 6.75. The monoisotopic (exact) mass is 712 g/mol. The zero-order valence-corrected chi connectivity index (χ0v) is 30.3. The molecular formula is C53H32N2O. The summed E-state index contributed by atoms with van der Waals surface area (Å²) in [6.45, 7) is 0. The van der Waals surface area contributed by atoms with Crippen molar-refractivity contribution in [1.82, 2.24) is 9.97 Å². The van der Waals surface area contributed by atoms with Crippen LogP contribution in [0.3, 0.4) is 0 Å². The van der Waals surface area contributed by atoms with Gasteiger partial charge in [-0.2, -0.15) is 0 Å². The van der Waals surface area contributed by atoms with E-state index in [1.807, 2.05) is 6.07 Å². The van der Waals surface area contributed by atoms with Gasteiger partial charge in [0.2, 0.25) is 0 Å². The fraction of sp³-hybridized carbons (Fsp3) is 0.0189. The van der Waals surface area contributed by atoms with Crippen LogP contribution in [-0.4, -0.2) is 9.97 Å². The summed E-state index contributed by atoms with van der Waals surface area (Å²) in [5, 5.41) is 3.51. The Morgan fingerprint density at radius 1 is 0.393 bits per heavy atom. The molecule has 1 spiro atoms. The zero-order valence-electron chi connectivity index (χ0n) is 30.3. The molecule has 0 radical (unpaired) electrons. The van der Waals surface area contributed by atoms with Crippen LogP contribution in [-0.2, 0) is 5.41 Å². The number of benzene rings is 8. The van der Waals surface area contributed by atoms with Crippen molar-refractivity contribution >= 4 is 21.7 Å². The first-order valence-corrected chi connectivity index (χ1v) is 19.2. The molecule has 2 heterocycles. The normalized spacial score (nSPS) is 14.9. The van der Waals surface area contributed by atoms with E-state index in [-0.39, 0.29) is 0 Å². The molecule has 1 unspecified atom stereocenters. The summed E-state index contributed by atoms with van der Waals surface area (Å²) in [7, 11) is 0. The van der Waals surface area contributed by atoms with Crippen molar-refractivity contribution in [1.29, 1.82) is 0 Å². The SMILES string of the molecule is c1ccc(-c2cc(-c3ccccc3-c3cccc4c3-c3ccccc3C43c4ccccc4-c4oc5ccccc5c43)nc(-c3ccc4ccccc4c3)n2)cc1. The van der Waals surface area contributed by atoms with Gasteiger partial charge in [-0.25, -0.2) is 9.97 Å². The molecule has 0 bridgehead atoms. The van der Waals surface area contributed by atoms with Gasteiger partial charge in [-0.05, 0) is 67.9 Å². The number of para-hydroxylation sites is 1. The second-order valence-electron chi connectivity index (χ2n) is 14.8. The summed E-state index contributed by atoms with van der Waals surface area (Å²) in [6, 6.07) is 69.4. The average Bonchev–Trinajstić information content (AvgIpc) is 3.90. The number of furan rings is 1. The van der Waals surface area contributed by atoms with Crippen LogP contribution in [0.4, 0.5) is 0 Å². The predicted octanol–water partition coefficient (Wildman–Crippen LogP) is 13.4. The first-order chi connectivity index (χ1) is 27.8. The van der Waals surface area contributed by atoms with Crippen LogP contribution >= 0.6 is 0 Å². The Labute approximate surface area is 324 Å². The lowest BCUT2D eigenvalue weighted by molar-refractivity contribution is 0.628. The molecule has 8 aromatic carbocycles. The van der Waals surface area contributed by atoms with Gasteiger partial charge in [0.05, 0.1) is 16.8 Å². The Balaban J connectivity index is 1.12. The van der Waals surface area contributed by atoms with E-state index in [0.717, 1.165) is 61.3 Å². The van der Waals surface area contributed by atoms with Gasteiger partial charge < -0.3 is 4.42 Å². The highest BCUT2D eigenvalue weighted by Gasteiger charge is 2.54. The van der Waals surface area contributed by atoms with Crippen LogP contribution in [0.1, 0.15) is 22.3 Å². The summed E-state index contributed by atoms with van der Waals surface area (Å²) in [6.07, 6.45) is 0. The summed E-state index contributed by atoms with van der Waals surface area (Å²) >= 11 is 0. The number of hydrogen-bond donors (Lipinski definition) is 0. The van der Waals surface area contributed by atoms with Crippen molar-refractivity contribution in [2.45, 2.75) is 5.41 Å². The Morgan fingerprint density at radius 2 is 1.02 bits per heavy atom. The van der Waals surface area contributed by atoms with Crippen molar-refractivity contribution < 1.29 is 4.42 Å². The lowest BCUT2D eigenvalue weighted by Gasteiger charge is -2.30. The molecule has 0 fully saturated rings. The van der Waals surface area contributed by atoms with E-state index in [9.17, 15) is 0 Å². The van der Waals surface area contributed by atoms with Crippen molar-refractivity contribution in [3.8, 4) is 67.5 Å². The summed E-state index contributed by atoms with van der Waals surface area (Å²) in [5.41, 5.74) is 16.2. The van der Waals surface area contributed by atoms with Gasteiger partial charge in [-0.1, -0.05) is 176 Å². The average molecular weight is 713 g/mol. The Bertz CT molecular complexity index is 3210. The largest absolute Gasteiger partial charge is 0.456 e. The van der Waals surface area contributed by atoms with E-state index in [1.165, 1.54) is 44.3 Å². The highest BCUT2D eigenvalue weighted by atomic mass is 16.3. The second-order valence-corrected chi connectivity index (χ2v) is 14.8. The smallest absolute Gasteiger partial charge is 0.160 e. The molecule has 56 heavy (non-hydrogen) atoms. The molecule has 10 aromatic rings. The van der Waals surface area contributed by atoms with Gasteiger partial charge in [0.1, 0.15) is 11.3 Å². The van der Waals surface area contributed by atoms with E-state index < -0.39 is 5.41 Å². The number of aromatic nitrogens is 2. The molecule has 12 rings (SSSR count). The molecule has 2 aliphatic rings. The van der Waals surface area contributed by atoms with Crippen molar-refractivity contribution in [2.75, 3.05) is 0 Å². The van der Waals surface area contributed by atoms with Crippen LogP contribution in [0.25, 0.3) is 89.2 Å². The number of fused-ring (bicyclic) bond motifs is 13. The van der Waals surface area contributed by atoms with Gasteiger partial charge in [-0.3, -0.25) is 0 Å². The van der Waals surface area contributed by atoms with E-state index in [2.05, 4.69) is 188 Å². The highest BCUT2D eigenvalue weighted by molar-refractivity contribution is 6.05. The van der Waals surface area contributed by atoms with Gasteiger partial charge in [0, 0.05) is 33.2 Å². The first kappa shape index (κ1) is 31.0. The van der Waals surface area contributed by atoms with Crippen LogP contribution < -0.4 is 0 Å². The van der Waals surface area contributed by atoms with Gasteiger partial charge >= 0.3 is 0 Å². The highest BCUT2D eigenvalue weighted by Crippen LogP contribution is 2.66. The molecule has 0 saturated carbocycles. The minimum atomic E-state index is -0.534. The number of hydrogen-bond acceptors (Lipinski definition) is 3. The van der Waals surface area contributed by atoms with Gasteiger partial charge in [0.25, 0.3) is 0 Å².